The van der Waals surface area contributed by atoms with Gasteiger partial charge in [0.05, 0.1) is 11.4 Å². The van der Waals surface area contributed by atoms with Crippen LogP contribution in [0.15, 0.2) is 29.0 Å². The van der Waals surface area contributed by atoms with Crippen molar-refractivity contribution < 1.29 is 0 Å². The number of piperazine rings is 1. The second kappa shape index (κ2) is 5.74. The zero-order chi connectivity index (χ0) is 16.0. The van der Waals surface area contributed by atoms with E-state index in [9.17, 15) is 0 Å². The molecule has 0 spiro atoms. The SMILES string of the molecule is Cc1cc(N2C3CCC2CN(c2cc(Br)nnc2C)C3)ccn1. The topological polar surface area (TPSA) is 45.2 Å². The van der Waals surface area contributed by atoms with Gasteiger partial charge in [-0.2, -0.15) is 5.10 Å². The van der Waals surface area contributed by atoms with Crippen molar-refractivity contribution in [2.75, 3.05) is 22.9 Å². The summed E-state index contributed by atoms with van der Waals surface area (Å²) in [5.41, 5.74) is 4.60. The number of nitrogens with zero attached hydrogens (tertiary/aromatic N) is 5. The Morgan fingerprint density at radius 3 is 2.52 bits per heavy atom. The molecule has 2 aliphatic heterocycles. The number of hydrogen-bond acceptors (Lipinski definition) is 5. The molecule has 23 heavy (non-hydrogen) atoms. The minimum Gasteiger partial charge on any atom is -0.366 e. The fraction of sp³-hybridized carbons (Fsp3) is 0.471. The number of aryl methyl sites for hydroxylation is 2. The third kappa shape index (κ3) is 2.69. The molecule has 2 aromatic rings. The minimum atomic E-state index is 0.557. The molecule has 2 aliphatic rings. The van der Waals surface area contributed by atoms with Gasteiger partial charge in [0.25, 0.3) is 0 Å². The Bertz CT molecular complexity index is 721. The summed E-state index contributed by atoms with van der Waals surface area (Å²) in [7, 11) is 0. The molecule has 2 bridgehead atoms. The van der Waals surface area contributed by atoms with Crippen molar-refractivity contribution in [3.63, 3.8) is 0 Å². The van der Waals surface area contributed by atoms with E-state index in [1.165, 1.54) is 24.2 Å². The fourth-order valence-electron chi connectivity index (χ4n) is 3.95. The lowest BCUT2D eigenvalue weighted by Gasteiger charge is -2.43. The van der Waals surface area contributed by atoms with E-state index in [1.807, 2.05) is 13.1 Å². The average molecular weight is 374 g/mol. The summed E-state index contributed by atoms with van der Waals surface area (Å²) in [5, 5.41) is 8.34. The van der Waals surface area contributed by atoms with E-state index in [4.69, 9.17) is 0 Å². The van der Waals surface area contributed by atoms with Crippen LogP contribution in [0.2, 0.25) is 0 Å². The predicted octanol–water partition coefficient (Wildman–Crippen LogP) is 3.11. The standard InChI is InChI=1S/C17H20BrN5/c1-11-7-13(5-6-19-11)23-14-3-4-15(23)10-22(9-14)16-8-17(18)21-20-12(16)2/h5-8,14-15H,3-4,9-10H2,1-2H3. The fourth-order valence-corrected chi connectivity index (χ4v) is 4.25. The summed E-state index contributed by atoms with van der Waals surface area (Å²) in [6, 6.07) is 7.55. The maximum absolute atomic E-state index is 4.33. The van der Waals surface area contributed by atoms with Crippen LogP contribution in [0, 0.1) is 13.8 Å². The van der Waals surface area contributed by atoms with Crippen LogP contribution < -0.4 is 9.80 Å². The van der Waals surface area contributed by atoms with Crippen molar-refractivity contribution in [2.24, 2.45) is 0 Å². The Hall–Kier alpha value is -1.69. The molecule has 0 N–H and O–H groups in total. The maximum Gasteiger partial charge on any atom is 0.130 e. The van der Waals surface area contributed by atoms with Crippen LogP contribution in [-0.4, -0.2) is 40.4 Å². The lowest BCUT2D eigenvalue weighted by Crippen LogP contribution is -2.54. The highest BCUT2D eigenvalue weighted by Gasteiger charge is 2.40. The van der Waals surface area contributed by atoms with Crippen molar-refractivity contribution in [2.45, 2.75) is 38.8 Å². The molecule has 2 atom stereocenters. The number of fused-ring (bicyclic) bond motifs is 2. The van der Waals surface area contributed by atoms with E-state index in [1.54, 1.807) is 0 Å². The third-order valence-electron chi connectivity index (χ3n) is 4.92. The van der Waals surface area contributed by atoms with Gasteiger partial charge in [-0.1, -0.05) is 0 Å². The molecule has 0 amide bonds. The van der Waals surface area contributed by atoms with Crippen molar-refractivity contribution in [1.29, 1.82) is 0 Å². The van der Waals surface area contributed by atoms with E-state index in [-0.39, 0.29) is 0 Å². The van der Waals surface area contributed by atoms with E-state index >= 15 is 0 Å². The number of hydrogen-bond donors (Lipinski definition) is 0. The number of halogens is 1. The first kappa shape index (κ1) is 14.9. The van der Waals surface area contributed by atoms with E-state index in [0.29, 0.717) is 12.1 Å². The summed E-state index contributed by atoms with van der Waals surface area (Å²) >= 11 is 3.45. The molecule has 4 heterocycles. The smallest absolute Gasteiger partial charge is 0.130 e. The molecule has 0 aromatic carbocycles. The van der Waals surface area contributed by atoms with Crippen molar-refractivity contribution in [3.05, 3.63) is 40.4 Å². The van der Waals surface area contributed by atoms with Crippen LogP contribution in [-0.2, 0) is 0 Å². The van der Waals surface area contributed by atoms with Gasteiger partial charge in [-0.25, -0.2) is 0 Å². The molecule has 0 saturated carbocycles. The molecular weight excluding hydrogens is 354 g/mol. The van der Waals surface area contributed by atoms with Crippen LogP contribution in [0.3, 0.4) is 0 Å². The van der Waals surface area contributed by atoms with Gasteiger partial charge >= 0.3 is 0 Å². The minimum absolute atomic E-state index is 0.557. The zero-order valence-electron chi connectivity index (χ0n) is 13.4. The summed E-state index contributed by atoms with van der Waals surface area (Å²) in [6.07, 6.45) is 4.42. The molecule has 2 saturated heterocycles. The highest BCUT2D eigenvalue weighted by molar-refractivity contribution is 9.10. The summed E-state index contributed by atoms with van der Waals surface area (Å²) < 4.78 is 0.803. The lowest BCUT2D eigenvalue weighted by atomic mass is 10.1. The van der Waals surface area contributed by atoms with Crippen LogP contribution in [0.25, 0.3) is 0 Å². The molecule has 6 heteroatoms. The number of pyridine rings is 1. The van der Waals surface area contributed by atoms with Gasteiger partial charge < -0.3 is 9.80 Å². The highest BCUT2D eigenvalue weighted by Crippen LogP contribution is 2.37. The van der Waals surface area contributed by atoms with Gasteiger partial charge in [-0.05, 0) is 60.8 Å². The lowest BCUT2D eigenvalue weighted by molar-refractivity contribution is 0.533. The van der Waals surface area contributed by atoms with Crippen molar-refractivity contribution in [1.82, 2.24) is 15.2 Å². The molecule has 5 nitrogen and oxygen atoms in total. The molecule has 0 radical (unpaired) electrons. The third-order valence-corrected chi connectivity index (χ3v) is 5.31. The molecule has 2 fully saturated rings. The molecule has 2 unspecified atom stereocenters. The normalized spacial score (nSPS) is 23.4. The zero-order valence-corrected chi connectivity index (χ0v) is 15.0. The van der Waals surface area contributed by atoms with Gasteiger partial charge in [0.2, 0.25) is 0 Å². The van der Waals surface area contributed by atoms with Gasteiger partial charge in [-0.15, -0.1) is 5.10 Å². The molecule has 4 rings (SSSR count). The van der Waals surface area contributed by atoms with Gasteiger partial charge in [0.15, 0.2) is 0 Å². The Kier molecular flexibility index (Phi) is 3.71. The largest absolute Gasteiger partial charge is 0.366 e. The molecule has 2 aromatic heterocycles. The highest BCUT2D eigenvalue weighted by atomic mass is 79.9. The van der Waals surface area contributed by atoms with Crippen LogP contribution in [0.5, 0.6) is 0 Å². The van der Waals surface area contributed by atoms with E-state index < -0.39 is 0 Å². The summed E-state index contributed by atoms with van der Waals surface area (Å²) in [4.78, 5) is 9.41. The monoisotopic (exact) mass is 373 g/mol. The number of aromatic nitrogens is 3. The van der Waals surface area contributed by atoms with Gasteiger partial charge in [0.1, 0.15) is 4.60 Å². The molecular formula is C17H20BrN5. The van der Waals surface area contributed by atoms with Crippen LogP contribution in [0.4, 0.5) is 11.4 Å². The Morgan fingerprint density at radius 2 is 1.83 bits per heavy atom. The quantitative estimate of drug-likeness (QED) is 0.808. The Balaban J connectivity index is 1.62. The maximum atomic E-state index is 4.33. The molecule has 0 aliphatic carbocycles. The van der Waals surface area contributed by atoms with Gasteiger partial charge in [0, 0.05) is 42.8 Å². The van der Waals surface area contributed by atoms with Gasteiger partial charge in [-0.3, -0.25) is 4.98 Å². The van der Waals surface area contributed by atoms with E-state index in [0.717, 1.165) is 29.1 Å². The number of rotatable bonds is 2. The first-order valence-electron chi connectivity index (χ1n) is 8.07. The summed E-state index contributed by atoms with van der Waals surface area (Å²) in [5.74, 6) is 0. The second-order valence-corrected chi connectivity index (χ2v) is 7.30. The van der Waals surface area contributed by atoms with Crippen LogP contribution >= 0.6 is 15.9 Å². The number of anilines is 2. The van der Waals surface area contributed by atoms with Crippen LogP contribution in [0.1, 0.15) is 24.2 Å². The van der Waals surface area contributed by atoms with Crippen molar-refractivity contribution in [3.8, 4) is 0 Å². The average Bonchev–Trinajstić information content (AvgIpc) is 2.80. The second-order valence-electron chi connectivity index (χ2n) is 6.49. The van der Waals surface area contributed by atoms with E-state index in [2.05, 4.69) is 66.0 Å². The molecule has 120 valence electrons. The predicted molar refractivity (Wildman–Crippen MR) is 94.9 cm³/mol. The summed E-state index contributed by atoms with van der Waals surface area (Å²) in [6.45, 7) is 6.17. The van der Waals surface area contributed by atoms with Crippen molar-refractivity contribution >= 4 is 27.3 Å². The Labute approximate surface area is 144 Å². The Morgan fingerprint density at radius 1 is 1.09 bits per heavy atom. The first-order valence-corrected chi connectivity index (χ1v) is 8.87. The first-order chi connectivity index (χ1) is 11.1.